The van der Waals surface area contributed by atoms with Gasteiger partial charge in [-0.3, -0.25) is 0 Å². The van der Waals surface area contributed by atoms with Gasteiger partial charge in [0.25, 0.3) is 0 Å². The quantitative estimate of drug-likeness (QED) is 0.875. The van der Waals surface area contributed by atoms with Gasteiger partial charge in [0.2, 0.25) is 0 Å². The maximum atomic E-state index is 5.95. The van der Waals surface area contributed by atoms with Crippen molar-refractivity contribution in [1.29, 1.82) is 0 Å². The van der Waals surface area contributed by atoms with Gasteiger partial charge in [-0.05, 0) is 59.3 Å². The molecule has 5 heteroatoms. The number of rotatable bonds is 3. The zero-order chi connectivity index (χ0) is 14.7. The van der Waals surface area contributed by atoms with Crippen LogP contribution < -0.4 is 20.5 Å². The van der Waals surface area contributed by atoms with Gasteiger partial charge in [-0.1, -0.05) is 0 Å². The van der Waals surface area contributed by atoms with Gasteiger partial charge < -0.3 is 20.5 Å². The van der Waals surface area contributed by atoms with Crippen molar-refractivity contribution in [2.24, 2.45) is 5.73 Å². The molecular formula is C16H23BrN2O2. The van der Waals surface area contributed by atoms with Crippen molar-refractivity contribution in [2.45, 2.75) is 50.7 Å². The Kier molecular flexibility index (Phi) is 5.03. The third-order valence-electron chi connectivity index (χ3n) is 4.23. The molecule has 0 radical (unpaired) electrons. The molecule has 0 spiro atoms. The highest BCUT2D eigenvalue weighted by Gasteiger charge is 2.19. The van der Waals surface area contributed by atoms with Crippen molar-refractivity contribution >= 4 is 15.9 Å². The highest BCUT2D eigenvalue weighted by Crippen LogP contribution is 2.38. The number of nitrogens with one attached hydrogen (secondary N) is 1. The summed E-state index contributed by atoms with van der Waals surface area (Å²) < 4.78 is 12.5. The molecular weight excluding hydrogens is 332 g/mol. The first-order chi connectivity index (χ1) is 10.2. The lowest BCUT2D eigenvalue weighted by atomic mass is 9.92. The van der Waals surface area contributed by atoms with Crippen LogP contribution in [0.3, 0.4) is 0 Å². The summed E-state index contributed by atoms with van der Waals surface area (Å²) in [6.07, 6.45) is 5.53. The molecule has 0 unspecified atom stereocenters. The number of benzene rings is 1. The lowest BCUT2D eigenvalue weighted by Gasteiger charge is -2.27. The topological polar surface area (TPSA) is 56.5 Å². The number of hydrogen-bond acceptors (Lipinski definition) is 4. The summed E-state index contributed by atoms with van der Waals surface area (Å²) in [5.41, 5.74) is 7.17. The second-order valence-electron chi connectivity index (χ2n) is 5.95. The predicted molar refractivity (Wildman–Crippen MR) is 86.8 cm³/mol. The molecule has 4 nitrogen and oxygen atoms in total. The first kappa shape index (κ1) is 15.1. The summed E-state index contributed by atoms with van der Waals surface area (Å²) >= 11 is 3.59. The van der Waals surface area contributed by atoms with E-state index >= 15 is 0 Å². The average Bonchev–Trinajstić information content (AvgIpc) is 2.72. The lowest BCUT2D eigenvalue weighted by molar-refractivity contribution is 0.296. The summed E-state index contributed by atoms with van der Waals surface area (Å²) in [4.78, 5) is 0. The highest BCUT2D eigenvalue weighted by atomic mass is 79.9. The van der Waals surface area contributed by atoms with E-state index in [-0.39, 0.29) is 0 Å². The van der Waals surface area contributed by atoms with Gasteiger partial charge in [0, 0.05) is 25.0 Å². The number of ether oxygens (including phenoxy) is 2. The number of nitrogens with two attached hydrogens (primary N) is 1. The molecule has 21 heavy (non-hydrogen) atoms. The minimum Gasteiger partial charge on any atom is -0.490 e. The van der Waals surface area contributed by atoms with Crippen LogP contribution in [0, 0.1) is 0 Å². The molecule has 1 saturated carbocycles. The minimum atomic E-state index is 0.398. The summed E-state index contributed by atoms with van der Waals surface area (Å²) in [6.45, 7) is 2.29. The van der Waals surface area contributed by atoms with Crippen LogP contribution in [0.5, 0.6) is 11.5 Å². The highest BCUT2D eigenvalue weighted by molar-refractivity contribution is 9.10. The van der Waals surface area contributed by atoms with E-state index in [1.807, 2.05) is 0 Å². The van der Waals surface area contributed by atoms with Crippen LogP contribution >= 0.6 is 15.9 Å². The maximum Gasteiger partial charge on any atom is 0.175 e. The van der Waals surface area contributed by atoms with E-state index in [0.29, 0.717) is 18.7 Å². The van der Waals surface area contributed by atoms with Gasteiger partial charge in [-0.15, -0.1) is 0 Å². The summed E-state index contributed by atoms with van der Waals surface area (Å²) in [5.74, 6) is 1.68. The predicted octanol–water partition coefficient (Wildman–Crippen LogP) is 2.97. The van der Waals surface area contributed by atoms with Gasteiger partial charge in [0.1, 0.15) is 0 Å². The molecule has 1 aromatic rings. The normalized spacial score (nSPS) is 25.4. The van der Waals surface area contributed by atoms with Gasteiger partial charge in [0.15, 0.2) is 11.5 Å². The molecule has 0 amide bonds. The standard InChI is InChI=1S/C16H23BrN2O2/c17-14-8-11(9-15-16(14)21-7-1-6-20-15)10-19-13-4-2-12(18)3-5-13/h8-9,12-13,19H,1-7,10,18H2. The summed E-state index contributed by atoms with van der Waals surface area (Å²) in [6, 6.07) is 5.19. The van der Waals surface area contributed by atoms with Crippen LogP contribution in [0.15, 0.2) is 16.6 Å². The van der Waals surface area contributed by atoms with E-state index in [4.69, 9.17) is 15.2 Å². The Bertz CT molecular complexity index is 487. The van der Waals surface area contributed by atoms with Crippen LogP contribution in [0.25, 0.3) is 0 Å². The SMILES string of the molecule is NC1CCC(NCc2cc(Br)c3c(c2)OCCCO3)CC1. The third kappa shape index (κ3) is 3.90. The Morgan fingerprint density at radius 3 is 2.71 bits per heavy atom. The Labute approximate surface area is 134 Å². The molecule has 0 atom stereocenters. The molecule has 1 heterocycles. The molecule has 1 aromatic carbocycles. The largest absolute Gasteiger partial charge is 0.490 e. The van der Waals surface area contributed by atoms with E-state index in [2.05, 4.69) is 33.4 Å². The van der Waals surface area contributed by atoms with E-state index in [0.717, 1.165) is 48.4 Å². The fraction of sp³-hybridized carbons (Fsp3) is 0.625. The molecule has 3 N–H and O–H groups in total. The van der Waals surface area contributed by atoms with Crippen LogP contribution in [0.2, 0.25) is 0 Å². The summed E-state index contributed by atoms with van der Waals surface area (Å²) in [7, 11) is 0. The molecule has 0 saturated heterocycles. The third-order valence-corrected chi connectivity index (χ3v) is 4.82. The smallest absolute Gasteiger partial charge is 0.175 e. The maximum absolute atomic E-state index is 5.95. The first-order valence-corrected chi connectivity index (χ1v) is 8.58. The minimum absolute atomic E-state index is 0.398. The molecule has 1 aliphatic heterocycles. The van der Waals surface area contributed by atoms with Crippen molar-refractivity contribution in [3.63, 3.8) is 0 Å². The van der Waals surface area contributed by atoms with Crippen LogP contribution in [-0.4, -0.2) is 25.3 Å². The van der Waals surface area contributed by atoms with Gasteiger partial charge in [-0.25, -0.2) is 0 Å². The molecule has 116 valence electrons. The molecule has 0 aromatic heterocycles. The first-order valence-electron chi connectivity index (χ1n) is 7.79. The monoisotopic (exact) mass is 354 g/mol. The van der Waals surface area contributed by atoms with Crippen LogP contribution in [0.4, 0.5) is 0 Å². The molecule has 3 rings (SSSR count). The Balaban J connectivity index is 1.63. The van der Waals surface area contributed by atoms with Crippen molar-refractivity contribution < 1.29 is 9.47 Å². The van der Waals surface area contributed by atoms with E-state index < -0.39 is 0 Å². The molecule has 1 aliphatic carbocycles. The fourth-order valence-corrected chi connectivity index (χ4v) is 3.58. The van der Waals surface area contributed by atoms with Crippen molar-refractivity contribution in [2.75, 3.05) is 13.2 Å². The number of halogens is 1. The van der Waals surface area contributed by atoms with Crippen molar-refractivity contribution in [1.82, 2.24) is 5.32 Å². The van der Waals surface area contributed by atoms with Crippen molar-refractivity contribution in [3.05, 3.63) is 22.2 Å². The van der Waals surface area contributed by atoms with E-state index in [1.54, 1.807) is 0 Å². The van der Waals surface area contributed by atoms with Gasteiger partial charge in [-0.2, -0.15) is 0 Å². The Morgan fingerprint density at radius 1 is 1.14 bits per heavy atom. The summed E-state index contributed by atoms with van der Waals surface area (Å²) in [5, 5.41) is 3.64. The average molecular weight is 355 g/mol. The zero-order valence-corrected chi connectivity index (χ0v) is 13.8. The lowest BCUT2D eigenvalue weighted by Crippen LogP contribution is -2.37. The van der Waals surface area contributed by atoms with Crippen LogP contribution in [-0.2, 0) is 6.54 Å². The molecule has 0 bridgehead atoms. The second kappa shape index (κ2) is 6.99. The van der Waals surface area contributed by atoms with Gasteiger partial charge in [0.05, 0.1) is 17.7 Å². The van der Waals surface area contributed by atoms with Crippen molar-refractivity contribution in [3.8, 4) is 11.5 Å². The fourth-order valence-electron chi connectivity index (χ4n) is 2.97. The molecule has 1 fully saturated rings. The Morgan fingerprint density at radius 2 is 1.90 bits per heavy atom. The Hall–Kier alpha value is -0.780. The van der Waals surface area contributed by atoms with E-state index in [9.17, 15) is 0 Å². The number of hydrogen-bond donors (Lipinski definition) is 2. The van der Waals surface area contributed by atoms with Gasteiger partial charge >= 0.3 is 0 Å². The van der Waals surface area contributed by atoms with E-state index in [1.165, 1.54) is 18.4 Å². The number of fused-ring (bicyclic) bond motifs is 1. The molecule has 2 aliphatic rings. The zero-order valence-electron chi connectivity index (χ0n) is 12.2. The van der Waals surface area contributed by atoms with Crippen LogP contribution in [0.1, 0.15) is 37.7 Å². The second-order valence-corrected chi connectivity index (χ2v) is 6.80.